The van der Waals surface area contributed by atoms with Gasteiger partial charge in [0.15, 0.2) is 0 Å². The van der Waals surface area contributed by atoms with E-state index < -0.39 is 11.5 Å². The zero-order valence-electron chi connectivity index (χ0n) is 25.4. The van der Waals surface area contributed by atoms with Crippen LogP contribution in [0.5, 0.6) is 0 Å². The van der Waals surface area contributed by atoms with Crippen molar-refractivity contribution in [1.82, 2.24) is 0 Å². The standard InChI is InChI=1S/C39H48O/c1-30(2)18-16-20-32(5)28-37(38(40)29-33(6)21-17-19-31(3)4)39(34-22-10-7-11-23-34,35-24-12-8-13-25-35)36-26-14-9-15-27-36/h7-15,18-19,22-29,37-38,40H,16-17,20-21H2,1-6H3/b32-28+,33-29+. The van der Waals surface area contributed by atoms with Gasteiger partial charge in [-0.15, -0.1) is 0 Å². The molecule has 0 fully saturated rings. The lowest BCUT2D eigenvalue weighted by atomic mass is 9.59. The fourth-order valence-electron chi connectivity index (χ4n) is 5.71. The average Bonchev–Trinajstić information content (AvgIpc) is 2.94. The van der Waals surface area contributed by atoms with Crippen molar-refractivity contribution >= 4 is 0 Å². The lowest BCUT2D eigenvalue weighted by Gasteiger charge is -2.43. The maximum Gasteiger partial charge on any atom is 0.0801 e. The van der Waals surface area contributed by atoms with E-state index in [-0.39, 0.29) is 5.92 Å². The molecule has 0 aliphatic rings. The highest BCUT2D eigenvalue weighted by Gasteiger charge is 2.45. The van der Waals surface area contributed by atoms with Crippen molar-refractivity contribution in [2.75, 3.05) is 0 Å². The van der Waals surface area contributed by atoms with E-state index >= 15 is 0 Å². The smallest absolute Gasteiger partial charge is 0.0801 e. The van der Waals surface area contributed by atoms with Crippen LogP contribution in [0.1, 0.15) is 83.9 Å². The molecule has 0 saturated carbocycles. The minimum Gasteiger partial charge on any atom is -0.388 e. The summed E-state index contributed by atoms with van der Waals surface area (Å²) in [6.45, 7) is 13.0. The number of aliphatic hydroxyl groups is 1. The molecule has 210 valence electrons. The first-order chi connectivity index (χ1) is 19.2. The first kappa shape index (κ1) is 31.1. The Bertz CT molecular complexity index is 1190. The second kappa shape index (κ2) is 15.4. The Labute approximate surface area is 243 Å². The van der Waals surface area contributed by atoms with Gasteiger partial charge in [-0.3, -0.25) is 0 Å². The Morgan fingerprint density at radius 2 is 0.925 bits per heavy atom. The van der Waals surface area contributed by atoms with Crippen molar-refractivity contribution in [1.29, 1.82) is 0 Å². The van der Waals surface area contributed by atoms with Gasteiger partial charge in [-0.25, -0.2) is 0 Å². The molecule has 2 atom stereocenters. The lowest BCUT2D eigenvalue weighted by Crippen LogP contribution is -2.43. The highest BCUT2D eigenvalue weighted by molar-refractivity contribution is 5.53. The van der Waals surface area contributed by atoms with E-state index in [0.717, 1.165) is 25.7 Å². The van der Waals surface area contributed by atoms with Gasteiger partial charge in [-0.1, -0.05) is 138 Å². The molecule has 0 heterocycles. The van der Waals surface area contributed by atoms with Crippen LogP contribution in [0.15, 0.2) is 138 Å². The molecule has 2 unspecified atom stereocenters. The Hall–Kier alpha value is -3.42. The molecule has 0 bridgehead atoms. The van der Waals surface area contributed by atoms with Gasteiger partial charge < -0.3 is 5.11 Å². The van der Waals surface area contributed by atoms with Crippen LogP contribution in [-0.2, 0) is 5.41 Å². The molecule has 0 radical (unpaired) electrons. The van der Waals surface area contributed by atoms with Gasteiger partial charge in [0.25, 0.3) is 0 Å². The summed E-state index contributed by atoms with van der Waals surface area (Å²) in [5.74, 6) is -0.218. The lowest BCUT2D eigenvalue weighted by molar-refractivity contribution is 0.146. The SMILES string of the molecule is CC(C)=CCC/C(C)=C/C(O)C(/C=C(\C)CCC=C(C)C)C(c1ccccc1)(c1ccccc1)c1ccccc1. The summed E-state index contributed by atoms with van der Waals surface area (Å²) in [6.07, 6.45) is 12.3. The van der Waals surface area contributed by atoms with Crippen LogP contribution in [0, 0.1) is 5.92 Å². The molecular formula is C39H48O. The fraction of sp³-hybridized carbons (Fsp3) is 0.333. The van der Waals surface area contributed by atoms with Gasteiger partial charge >= 0.3 is 0 Å². The van der Waals surface area contributed by atoms with E-state index in [2.05, 4.69) is 157 Å². The maximum atomic E-state index is 12.2. The second-order valence-electron chi connectivity index (χ2n) is 11.6. The van der Waals surface area contributed by atoms with Crippen LogP contribution in [0.4, 0.5) is 0 Å². The summed E-state index contributed by atoms with van der Waals surface area (Å²) >= 11 is 0. The number of rotatable bonds is 13. The normalized spacial score (nSPS) is 13.9. The molecule has 0 aliphatic heterocycles. The Kier molecular flexibility index (Phi) is 12.0. The molecular weight excluding hydrogens is 484 g/mol. The molecule has 0 saturated heterocycles. The third-order valence-corrected chi connectivity index (χ3v) is 7.66. The molecule has 0 aliphatic carbocycles. The van der Waals surface area contributed by atoms with Crippen LogP contribution < -0.4 is 0 Å². The Balaban J connectivity index is 2.29. The Morgan fingerprint density at radius 3 is 1.27 bits per heavy atom. The number of hydrogen-bond donors (Lipinski definition) is 1. The Morgan fingerprint density at radius 1 is 0.575 bits per heavy atom. The van der Waals surface area contributed by atoms with Gasteiger partial charge in [-0.05, 0) is 83.9 Å². The van der Waals surface area contributed by atoms with Crippen LogP contribution in [-0.4, -0.2) is 11.2 Å². The minimum absolute atomic E-state index is 0.218. The molecule has 3 rings (SSSR count). The minimum atomic E-state index is -0.675. The topological polar surface area (TPSA) is 20.2 Å². The quantitative estimate of drug-likeness (QED) is 0.171. The van der Waals surface area contributed by atoms with Crippen molar-refractivity contribution in [3.05, 3.63) is 154 Å². The summed E-state index contributed by atoms with van der Waals surface area (Å²) in [5.41, 5.74) is 8.14. The van der Waals surface area contributed by atoms with Crippen molar-refractivity contribution in [2.45, 2.75) is 78.7 Å². The van der Waals surface area contributed by atoms with E-state index in [1.54, 1.807) is 0 Å². The average molecular weight is 533 g/mol. The van der Waals surface area contributed by atoms with E-state index in [9.17, 15) is 5.11 Å². The largest absolute Gasteiger partial charge is 0.388 e. The molecule has 0 spiro atoms. The van der Waals surface area contributed by atoms with E-state index in [0.29, 0.717) is 0 Å². The predicted octanol–water partition coefficient (Wildman–Crippen LogP) is 10.4. The molecule has 1 N–H and O–H groups in total. The first-order valence-electron chi connectivity index (χ1n) is 14.7. The fourth-order valence-corrected chi connectivity index (χ4v) is 5.71. The van der Waals surface area contributed by atoms with Crippen molar-refractivity contribution in [2.24, 2.45) is 5.92 Å². The van der Waals surface area contributed by atoms with Gasteiger partial charge in [0, 0.05) is 5.92 Å². The third-order valence-electron chi connectivity index (χ3n) is 7.66. The summed E-state index contributed by atoms with van der Waals surface area (Å²) in [4.78, 5) is 0. The van der Waals surface area contributed by atoms with Crippen molar-refractivity contribution in [3.8, 4) is 0 Å². The zero-order chi connectivity index (χ0) is 29.0. The van der Waals surface area contributed by atoms with Crippen LogP contribution >= 0.6 is 0 Å². The van der Waals surface area contributed by atoms with Gasteiger partial charge in [0.05, 0.1) is 11.5 Å². The van der Waals surface area contributed by atoms with Gasteiger partial charge in [0.1, 0.15) is 0 Å². The van der Waals surface area contributed by atoms with E-state index in [1.165, 1.54) is 39.0 Å². The number of benzene rings is 3. The van der Waals surface area contributed by atoms with Crippen LogP contribution in [0.3, 0.4) is 0 Å². The number of aliphatic hydroxyl groups excluding tert-OH is 1. The molecule has 0 aromatic heterocycles. The summed E-state index contributed by atoms with van der Waals surface area (Å²) in [7, 11) is 0. The van der Waals surface area contributed by atoms with Gasteiger partial charge in [-0.2, -0.15) is 0 Å². The van der Waals surface area contributed by atoms with Crippen LogP contribution in [0.2, 0.25) is 0 Å². The maximum absolute atomic E-state index is 12.2. The highest BCUT2D eigenvalue weighted by Crippen LogP contribution is 2.48. The summed E-state index contributed by atoms with van der Waals surface area (Å²) < 4.78 is 0. The summed E-state index contributed by atoms with van der Waals surface area (Å²) in [6, 6.07) is 32.2. The number of hydrogen-bond acceptors (Lipinski definition) is 1. The molecule has 3 aromatic rings. The summed E-state index contributed by atoms with van der Waals surface area (Å²) in [5, 5.41) is 12.2. The number of allylic oxidation sites excluding steroid dienone is 6. The molecule has 3 aromatic carbocycles. The molecule has 40 heavy (non-hydrogen) atoms. The third kappa shape index (κ3) is 8.29. The molecule has 1 heteroatoms. The monoisotopic (exact) mass is 532 g/mol. The van der Waals surface area contributed by atoms with Gasteiger partial charge in [0.2, 0.25) is 0 Å². The highest BCUT2D eigenvalue weighted by atomic mass is 16.3. The van der Waals surface area contributed by atoms with Crippen LogP contribution in [0.25, 0.3) is 0 Å². The van der Waals surface area contributed by atoms with Crippen molar-refractivity contribution in [3.63, 3.8) is 0 Å². The van der Waals surface area contributed by atoms with E-state index in [1.807, 2.05) is 0 Å². The van der Waals surface area contributed by atoms with E-state index in [4.69, 9.17) is 0 Å². The molecule has 0 amide bonds. The predicted molar refractivity (Wildman–Crippen MR) is 174 cm³/mol. The zero-order valence-corrected chi connectivity index (χ0v) is 25.4. The second-order valence-corrected chi connectivity index (χ2v) is 11.6. The first-order valence-corrected chi connectivity index (χ1v) is 14.7. The molecule has 1 nitrogen and oxygen atoms in total. The van der Waals surface area contributed by atoms with Crippen molar-refractivity contribution < 1.29 is 5.11 Å².